The second kappa shape index (κ2) is 6.66. The molecule has 4 N–H and O–H groups in total. The zero-order chi connectivity index (χ0) is 16.8. The predicted molar refractivity (Wildman–Crippen MR) is 91.0 cm³/mol. The first-order chi connectivity index (χ1) is 12.3. The van der Waals surface area contributed by atoms with E-state index >= 15 is 0 Å². The van der Waals surface area contributed by atoms with E-state index in [0.717, 1.165) is 51.8 Å². The van der Waals surface area contributed by atoms with E-state index in [2.05, 4.69) is 21.3 Å². The van der Waals surface area contributed by atoms with Gasteiger partial charge in [0.15, 0.2) is 0 Å². The quantitative estimate of drug-likeness (QED) is 0.462. The number of carbonyl (C=O) groups excluding carboxylic acids is 1. The number of piperidine rings is 3. The monoisotopic (exact) mass is 351 g/mol. The fraction of sp³-hybridized carbons (Fsp3) is 0.941. The van der Waals surface area contributed by atoms with E-state index < -0.39 is 0 Å². The first-order valence-electron chi connectivity index (χ1n) is 9.86. The molecule has 8 heteroatoms. The Morgan fingerprint density at radius 2 is 1.76 bits per heavy atom. The molecule has 5 saturated heterocycles. The molecule has 7 unspecified atom stereocenters. The molecule has 7 atom stereocenters. The number of ether oxygens (including phenoxy) is 2. The Hall–Kier alpha value is -0.930. The van der Waals surface area contributed by atoms with Gasteiger partial charge in [0, 0.05) is 19.3 Å². The molecule has 0 saturated carbocycles. The number of urea groups is 1. The SMILES string of the molecule is O=C1NC2NCCC3OCCCOC4CCNC5CCC(NC54)N1C23. The second-order valence-corrected chi connectivity index (χ2v) is 7.87. The van der Waals surface area contributed by atoms with Crippen LogP contribution in [0.25, 0.3) is 0 Å². The summed E-state index contributed by atoms with van der Waals surface area (Å²) in [6.45, 7) is 3.34. The first kappa shape index (κ1) is 16.3. The van der Waals surface area contributed by atoms with Gasteiger partial charge in [-0.05, 0) is 45.2 Å². The van der Waals surface area contributed by atoms with Crippen molar-refractivity contribution in [3.63, 3.8) is 0 Å². The lowest BCUT2D eigenvalue weighted by atomic mass is 9.87. The number of hydrogen-bond donors (Lipinski definition) is 4. The van der Waals surface area contributed by atoms with Gasteiger partial charge in [-0.3, -0.25) is 10.6 Å². The van der Waals surface area contributed by atoms with Crippen molar-refractivity contribution in [2.45, 2.75) is 74.8 Å². The Balaban J connectivity index is 1.44. The van der Waals surface area contributed by atoms with E-state index in [0.29, 0.717) is 12.6 Å². The molecular weight excluding hydrogens is 322 g/mol. The van der Waals surface area contributed by atoms with Crippen LogP contribution in [0.5, 0.6) is 0 Å². The molecule has 5 fully saturated rings. The number of rotatable bonds is 0. The third kappa shape index (κ3) is 2.84. The smallest absolute Gasteiger partial charge is 0.320 e. The molecule has 0 aliphatic carbocycles. The second-order valence-electron chi connectivity index (χ2n) is 7.87. The van der Waals surface area contributed by atoms with E-state index in [1.807, 2.05) is 4.90 Å². The molecule has 2 amide bonds. The van der Waals surface area contributed by atoms with E-state index in [1.54, 1.807) is 0 Å². The summed E-state index contributed by atoms with van der Waals surface area (Å²) >= 11 is 0. The van der Waals surface area contributed by atoms with Crippen LogP contribution in [-0.4, -0.2) is 79.9 Å². The summed E-state index contributed by atoms with van der Waals surface area (Å²) in [4.78, 5) is 14.8. The van der Waals surface area contributed by atoms with E-state index in [4.69, 9.17) is 9.47 Å². The van der Waals surface area contributed by atoms with Gasteiger partial charge in [-0.15, -0.1) is 0 Å². The summed E-state index contributed by atoms with van der Waals surface area (Å²) in [6.07, 6.45) is 5.25. The van der Waals surface area contributed by atoms with Crippen LogP contribution < -0.4 is 21.3 Å². The Kier molecular flexibility index (Phi) is 4.33. The molecule has 0 aromatic carbocycles. The van der Waals surface area contributed by atoms with Gasteiger partial charge in [-0.1, -0.05) is 0 Å². The van der Waals surface area contributed by atoms with Gasteiger partial charge in [0.1, 0.15) is 6.17 Å². The van der Waals surface area contributed by atoms with Crippen molar-refractivity contribution in [1.29, 1.82) is 0 Å². The average molecular weight is 351 g/mol. The molecule has 5 heterocycles. The van der Waals surface area contributed by atoms with Crippen LogP contribution >= 0.6 is 0 Å². The standard InChI is InChI=1S/C17H29N5O3/c23-17-21-16-15-12(5-7-19-16)25-9-1-8-24-11-4-6-18-10-2-3-13(22(15)17)20-14(10)11/h10-16,18-20H,1-9H2,(H,21,23). The number of fused-ring (bicyclic) bond motifs is 2. The van der Waals surface area contributed by atoms with Crippen LogP contribution in [0.4, 0.5) is 4.79 Å². The minimum absolute atomic E-state index is 0.00904. The Bertz CT molecular complexity index is 521. The maximum absolute atomic E-state index is 12.7. The molecule has 2 bridgehead atoms. The zero-order valence-electron chi connectivity index (χ0n) is 14.6. The van der Waals surface area contributed by atoms with Crippen LogP contribution in [0, 0.1) is 0 Å². The summed E-state index contributed by atoms with van der Waals surface area (Å²) in [5.41, 5.74) is 0. The van der Waals surface area contributed by atoms with E-state index in [1.165, 1.54) is 0 Å². The van der Waals surface area contributed by atoms with Gasteiger partial charge >= 0.3 is 6.03 Å². The number of nitrogens with zero attached hydrogens (tertiary/aromatic N) is 1. The number of nitrogens with one attached hydrogen (secondary N) is 4. The number of hydrogen-bond acceptors (Lipinski definition) is 6. The molecular formula is C17H29N5O3. The zero-order valence-corrected chi connectivity index (χ0v) is 14.6. The molecule has 5 aliphatic heterocycles. The summed E-state index contributed by atoms with van der Waals surface area (Å²) in [6, 6.07) is 0.795. The van der Waals surface area contributed by atoms with Crippen LogP contribution in [0.3, 0.4) is 0 Å². The highest BCUT2D eigenvalue weighted by Crippen LogP contribution is 2.31. The molecule has 5 aliphatic rings. The topological polar surface area (TPSA) is 86.9 Å². The highest BCUT2D eigenvalue weighted by Gasteiger charge is 2.51. The van der Waals surface area contributed by atoms with Crippen molar-refractivity contribution < 1.29 is 14.3 Å². The number of carbonyl (C=O) groups is 1. The van der Waals surface area contributed by atoms with Crippen LogP contribution in [0.2, 0.25) is 0 Å². The minimum Gasteiger partial charge on any atom is -0.376 e. The molecule has 0 spiro atoms. The first-order valence-corrected chi connectivity index (χ1v) is 9.86. The Morgan fingerprint density at radius 1 is 0.960 bits per heavy atom. The Morgan fingerprint density at radius 3 is 2.68 bits per heavy atom. The summed E-state index contributed by atoms with van der Waals surface area (Å²) < 4.78 is 12.4. The summed E-state index contributed by atoms with van der Waals surface area (Å²) in [5, 5.41) is 14.0. The molecule has 5 rings (SSSR count). The molecule has 0 radical (unpaired) electrons. The maximum Gasteiger partial charge on any atom is 0.320 e. The van der Waals surface area contributed by atoms with Crippen molar-refractivity contribution in [1.82, 2.24) is 26.2 Å². The highest BCUT2D eigenvalue weighted by molar-refractivity contribution is 5.78. The average Bonchev–Trinajstić information content (AvgIpc) is 2.96. The van der Waals surface area contributed by atoms with Crippen molar-refractivity contribution in [3.8, 4) is 0 Å². The van der Waals surface area contributed by atoms with Crippen LogP contribution in [0.1, 0.15) is 32.1 Å². The van der Waals surface area contributed by atoms with Crippen LogP contribution in [-0.2, 0) is 9.47 Å². The normalized spacial score (nSPS) is 47.3. The molecule has 8 nitrogen and oxygen atoms in total. The predicted octanol–water partition coefficient (Wildman–Crippen LogP) is -0.686. The van der Waals surface area contributed by atoms with Crippen molar-refractivity contribution >= 4 is 6.03 Å². The molecule has 0 aromatic heterocycles. The van der Waals surface area contributed by atoms with Crippen molar-refractivity contribution in [2.75, 3.05) is 26.3 Å². The van der Waals surface area contributed by atoms with Gasteiger partial charge in [0.25, 0.3) is 0 Å². The maximum atomic E-state index is 12.7. The molecule has 25 heavy (non-hydrogen) atoms. The molecule has 0 aromatic rings. The largest absolute Gasteiger partial charge is 0.376 e. The fourth-order valence-electron chi connectivity index (χ4n) is 5.30. The summed E-state index contributed by atoms with van der Waals surface area (Å²) in [5.74, 6) is 0. The third-order valence-corrected chi connectivity index (χ3v) is 6.44. The third-order valence-electron chi connectivity index (χ3n) is 6.44. The van der Waals surface area contributed by atoms with Gasteiger partial charge in [-0.25, -0.2) is 4.79 Å². The van der Waals surface area contributed by atoms with E-state index in [-0.39, 0.29) is 42.7 Å². The number of amides is 2. The van der Waals surface area contributed by atoms with Gasteiger partial charge in [0.2, 0.25) is 0 Å². The van der Waals surface area contributed by atoms with Crippen molar-refractivity contribution in [3.05, 3.63) is 0 Å². The van der Waals surface area contributed by atoms with Gasteiger partial charge in [-0.2, -0.15) is 0 Å². The summed E-state index contributed by atoms with van der Waals surface area (Å²) in [7, 11) is 0. The lowest BCUT2D eigenvalue weighted by molar-refractivity contribution is -0.0766. The van der Waals surface area contributed by atoms with E-state index in [9.17, 15) is 4.79 Å². The highest BCUT2D eigenvalue weighted by atomic mass is 16.5. The van der Waals surface area contributed by atoms with Gasteiger partial charge in [0.05, 0.1) is 30.5 Å². The Labute approximate surface area is 148 Å². The fourth-order valence-corrected chi connectivity index (χ4v) is 5.30. The lowest BCUT2D eigenvalue weighted by Gasteiger charge is -2.49. The lowest BCUT2D eigenvalue weighted by Crippen LogP contribution is -2.69. The molecule has 140 valence electrons. The van der Waals surface area contributed by atoms with Crippen molar-refractivity contribution in [2.24, 2.45) is 0 Å². The van der Waals surface area contributed by atoms with Crippen LogP contribution in [0.15, 0.2) is 0 Å². The van der Waals surface area contributed by atoms with Gasteiger partial charge < -0.3 is 25.0 Å². The minimum atomic E-state index is -0.00904.